The largest absolute Gasteiger partial charge is 0.494 e. The third-order valence-corrected chi connectivity index (χ3v) is 6.79. The van der Waals surface area contributed by atoms with Crippen LogP contribution in [0.3, 0.4) is 0 Å². The predicted octanol–water partition coefficient (Wildman–Crippen LogP) is 4.58. The molecule has 2 N–H and O–H groups in total. The molecule has 3 aromatic rings. The molecule has 13 heteroatoms. The van der Waals surface area contributed by atoms with Gasteiger partial charge in [0, 0.05) is 18.6 Å². The molecule has 0 saturated carbocycles. The highest BCUT2D eigenvalue weighted by Gasteiger charge is 2.34. The van der Waals surface area contributed by atoms with E-state index in [1.165, 1.54) is 20.2 Å². The first-order valence-corrected chi connectivity index (χ1v) is 12.6. The number of nitrogens with one attached hydrogen (secondary N) is 1. The number of rotatable bonds is 6. The average molecular weight is 599 g/mol. The molecule has 0 fully saturated rings. The molecular weight excluding hydrogens is 577 g/mol. The molecule has 0 spiro atoms. The number of carbonyl (C=O) groups is 1. The number of anilines is 1. The van der Waals surface area contributed by atoms with Crippen LogP contribution >= 0.6 is 27.7 Å². The number of thioether (sulfide) groups is 1. The minimum absolute atomic E-state index is 0.0834. The summed E-state index contributed by atoms with van der Waals surface area (Å²) < 4.78 is 42.1. The van der Waals surface area contributed by atoms with E-state index in [4.69, 9.17) is 0 Å². The summed E-state index contributed by atoms with van der Waals surface area (Å²) in [5.74, 6) is -1.89. The van der Waals surface area contributed by atoms with Crippen LogP contribution in [0.1, 0.15) is 23.6 Å². The lowest BCUT2D eigenvalue weighted by atomic mass is 10.1. The van der Waals surface area contributed by atoms with E-state index in [2.05, 4.69) is 26.2 Å². The van der Waals surface area contributed by atoms with Crippen molar-refractivity contribution in [1.82, 2.24) is 9.13 Å². The molecule has 3 rings (SSSR count). The Morgan fingerprint density at radius 2 is 1.76 bits per heavy atom. The second kappa shape index (κ2) is 11.4. The molecule has 0 bridgehead atoms. The zero-order valence-corrected chi connectivity index (χ0v) is 22.3. The molecule has 0 unspecified atom stereocenters. The third-order valence-electron chi connectivity index (χ3n) is 5.32. The topological polar surface area (TPSA) is 106 Å². The lowest BCUT2D eigenvalue weighted by Gasteiger charge is -2.15. The van der Waals surface area contributed by atoms with Crippen LogP contribution in [0.5, 0.6) is 5.88 Å². The zero-order valence-electron chi connectivity index (χ0n) is 19.9. The monoisotopic (exact) mass is 598 g/mol. The molecule has 0 saturated heterocycles. The van der Waals surface area contributed by atoms with Gasteiger partial charge in [0.25, 0.3) is 5.56 Å². The van der Waals surface area contributed by atoms with Gasteiger partial charge in [-0.2, -0.15) is 13.2 Å². The molecule has 0 aliphatic rings. The van der Waals surface area contributed by atoms with Gasteiger partial charge in [-0.25, -0.2) is 9.79 Å². The first-order chi connectivity index (χ1) is 17.3. The van der Waals surface area contributed by atoms with Gasteiger partial charge in [0.15, 0.2) is 0 Å². The van der Waals surface area contributed by atoms with Crippen molar-refractivity contribution in [3.05, 3.63) is 84.5 Å². The quantitative estimate of drug-likeness (QED) is 0.319. The van der Waals surface area contributed by atoms with Crippen LogP contribution in [0.4, 0.5) is 24.5 Å². The Morgan fingerprint density at radius 1 is 1.11 bits per heavy atom. The van der Waals surface area contributed by atoms with Crippen LogP contribution in [-0.2, 0) is 31.5 Å². The Hall–Kier alpha value is -3.32. The van der Waals surface area contributed by atoms with Crippen LogP contribution in [0.25, 0.3) is 0 Å². The number of halogens is 4. The minimum Gasteiger partial charge on any atom is -0.494 e. The number of carbonyl (C=O) groups excluding carboxylic acids is 1. The van der Waals surface area contributed by atoms with Crippen molar-refractivity contribution in [3.63, 3.8) is 0 Å². The smallest absolute Gasteiger partial charge is 0.418 e. The average Bonchev–Trinajstić information content (AvgIpc) is 2.85. The van der Waals surface area contributed by atoms with Crippen molar-refractivity contribution in [1.29, 1.82) is 0 Å². The van der Waals surface area contributed by atoms with Gasteiger partial charge in [-0.05, 0) is 42.3 Å². The lowest BCUT2D eigenvalue weighted by molar-refractivity contribution is -0.137. The van der Waals surface area contributed by atoms with Crippen LogP contribution in [0.2, 0.25) is 0 Å². The number of aromatic hydroxyl groups is 1. The van der Waals surface area contributed by atoms with Gasteiger partial charge in [0.05, 0.1) is 22.7 Å². The molecule has 0 aliphatic carbocycles. The van der Waals surface area contributed by atoms with Crippen LogP contribution in [0, 0.1) is 0 Å². The second-order valence-corrected chi connectivity index (χ2v) is 9.75. The highest BCUT2D eigenvalue weighted by atomic mass is 79.9. The van der Waals surface area contributed by atoms with Gasteiger partial charge in [-0.3, -0.25) is 18.7 Å². The van der Waals surface area contributed by atoms with Crippen LogP contribution in [0.15, 0.2) is 61.5 Å². The highest BCUT2D eigenvalue weighted by Crippen LogP contribution is 2.36. The fourth-order valence-corrected chi connectivity index (χ4v) is 4.48. The summed E-state index contributed by atoms with van der Waals surface area (Å²) in [5, 5.41) is 12.7. The lowest BCUT2D eigenvalue weighted by Crippen LogP contribution is -2.39. The summed E-state index contributed by atoms with van der Waals surface area (Å²) in [6.07, 6.45) is -3.92. The van der Waals surface area contributed by atoms with E-state index in [1.54, 1.807) is 12.1 Å². The van der Waals surface area contributed by atoms with Crippen LogP contribution in [-0.4, -0.2) is 30.9 Å². The number of benzene rings is 2. The molecule has 2 aromatic carbocycles. The van der Waals surface area contributed by atoms with Gasteiger partial charge in [-0.15, -0.1) is 0 Å². The summed E-state index contributed by atoms with van der Waals surface area (Å²) in [6, 6.07) is 10.3. The Labute approximate surface area is 222 Å². The number of nitrogens with zero attached hydrogens (tertiary/aromatic N) is 3. The van der Waals surface area contributed by atoms with E-state index in [0.717, 1.165) is 45.0 Å². The van der Waals surface area contributed by atoms with Crippen molar-refractivity contribution in [2.45, 2.75) is 19.5 Å². The molecular formula is C24H22BrF3N4O4S. The van der Waals surface area contributed by atoms with E-state index in [-0.39, 0.29) is 15.1 Å². The van der Waals surface area contributed by atoms with Gasteiger partial charge in [-0.1, -0.05) is 46.7 Å². The van der Waals surface area contributed by atoms with E-state index < -0.39 is 46.2 Å². The van der Waals surface area contributed by atoms with Gasteiger partial charge < -0.3 is 10.4 Å². The summed E-state index contributed by atoms with van der Waals surface area (Å²) in [6.45, 7) is 1.97. The number of amides is 1. The summed E-state index contributed by atoms with van der Waals surface area (Å²) in [5.41, 5.74) is -1.96. The van der Waals surface area contributed by atoms with E-state index in [9.17, 15) is 32.7 Å². The van der Waals surface area contributed by atoms with Crippen molar-refractivity contribution in [2.75, 3.05) is 11.1 Å². The molecule has 37 heavy (non-hydrogen) atoms. The minimum atomic E-state index is -4.70. The first-order valence-electron chi connectivity index (χ1n) is 10.8. The zero-order chi connectivity index (χ0) is 27.5. The Bertz CT molecular complexity index is 1480. The number of aryl methyl sites for hydroxylation is 1. The first kappa shape index (κ1) is 28.3. The molecule has 0 radical (unpaired) electrons. The molecule has 196 valence electrons. The molecule has 8 nitrogen and oxygen atoms in total. The SMILES string of the molecule is CCc1ccc(N=C(SCC(=O)Nc2ccc(Br)cc2C(F)(F)F)c2c(O)n(C)c(=O)n(C)c2=O)cc1. The summed E-state index contributed by atoms with van der Waals surface area (Å²) >= 11 is 3.72. The standard InChI is InChI=1S/C24H22BrF3N4O4S/c1-4-13-5-8-15(9-6-13)29-20(19-21(34)31(2)23(36)32(3)22(19)35)37-12-18(33)30-17-10-7-14(25)11-16(17)24(26,27)28/h5-11,34H,4,12H2,1-3H3,(H,30,33). The number of hydrogen-bond donors (Lipinski definition) is 2. The number of alkyl halides is 3. The van der Waals surface area contributed by atoms with Crippen molar-refractivity contribution in [2.24, 2.45) is 19.1 Å². The molecule has 0 aliphatic heterocycles. The van der Waals surface area contributed by atoms with Gasteiger partial charge in [0.1, 0.15) is 10.6 Å². The van der Waals surface area contributed by atoms with Crippen molar-refractivity contribution < 1.29 is 23.1 Å². The van der Waals surface area contributed by atoms with E-state index in [0.29, 0.717) is 5.69 Å². The molecule has 0 atom stereocenters. The Balaban J connectivity index is 1.99. The van der Waals surface area contributed by atoms with Gasteiger partial charge >= 0.3 is 11.9 Å². The number of aliphatic imine (C=N–C) groups is 1. The van der Waals surface area contributed by atoms with Gasteiger partial charge in [0.2, 0.25) is 11.8 Å². The number of aromatic nitrogens is 2. The fraction of sp³-hybridized carbons (Fsp3) is 0.250. The summed E-state index contributed by atoms with van der Waals surface area (Å²) in [7, 11) is 2.49. The fourth-order valence-electron chi connectivity index (χ4n) is 3.28. The normalized spacial score (nSPS) is 12.0. The maximum absolute atomic E-state index is 13.4. The van der Waals surface area contributed by atoms with Crippen molar-refractivity contribution in [3.8, 4) is 5.88 Å². The molecule has 1 amide bonds. The van der Waals surface area contributed by atoms with E-state index in [1.807, 2.05) is 19.1 Å². The number of hydrogen-bond acceptors (Lipinski definition) is 6. The molecule has 1 aromatic heterocycles. The third kappa shape index (κ3) is 6.52. The maximum Gasteiger partial charge on any atom is 0.418 e. The molecule has 1 heterocycles. The predicted molar refractivity (Wildman–Crippen MR) is 141 cm³/mol. The second-order valence-electron chi connectivity index (χ2n) is 7.87. The Kier molecular flexibility index (Phi) is 8.69. The highest BCUT2D eigenvalue weighted by molar-refractivity contribution is 9.10. The maximum atomic E-state index is 13.4. The summed E-state index contributed by atoms with van der Waals surface area (Å²) in [4.78, 5) is 42.1. The van der Waals surface area contributed by atoms with Crippen LogP contribution < -0.4 is 16.6 Å². The van der Waals surface area contributed by atoms with E-state index >= 15 is 0 Å². The Morgan fingerprint density at radius 3 is 2.35 bits per heavy atom. The van der Waals surface area contributed by atoms with Crippen molar-refractivity contribution >= 4 is 50.0 Å².